The van der Waals surface area contributed by atoms with Crippen LogP contribution in [0.2, 0.25) is 0 Å². The van der Waals surface area contributed by atoms with E-state index < -0.39 is 17.6 Å². The predicted molar refractivity (Wildman–Crippen MR) is 291 cm³/mol. The normalized spacial score (nSPS) is 24.3. The SMILES string of the molecule is C#Cc1c(F)ccc2cccc(-c3nc4c5c(nc(OC[C@@]67CCCN6[C@H](COC(=O)N6CCC(CC8CCN(c9ccc%10c(C%11CCC(=O)NC%11=O)nn(C)c%10c9)CC8)CC6)CC7)nc5c3F)N3CCCOC[C@@H]3CC4)c12. The van der Waals surface area contributed by atoms with Gasteiger partial charge in [0, 0.05) is 80.9 Å². The molecule has 406 valence electrons. The summed E-state index contributed by atoms with van der Waals surface area (Å²) in [5, 5.41) is 9.83. The van der Waals surface area contributed by atoms with Gasteiger partial charge in [0.05, 0.1) is 52.0 Å². The smallest absolute Gasteiger partial charge is 0.409 e. The number of aryl methyl sites for hydroxylation is 2. The number of anilines is 2. The molecule has 3 amide bonds. The summed E-state index contributed by atoms with van der Waals surface area (Å²) in [4.78, 5) is 62.0. The van der Waals surface area contributed by atoms with Gasteiger partial charge in [0.2, 0.25) is 11.8 Å². The van der Waals surface area contributed by atoms with Gasteiger partial charge in [0.25, 0.3) is 0 Å². The number of pyridine rings is 1. The van der Waals surface area contributed by atoms with Crippen molar-refractivity contribution >= 4 is 62.0 Å². The van der Waals surface area contributed by atoms with E-state index in [0.29, 0.717) is 110 Å². The number of amides is 3. The van der Waals surface area contributed by atoms with Crippen LogP contribution < -0.4 is 19.9 Å². The van der Waals surface area contributed by atoms with Crippen molar-refractivity contribution in [2.45, 2.75) is 113 Å². The lowest BCUT2D eigenvalue weighted by Gasteiger charge is -2.37. The predicted octanol–water partition coefficient (Wildman–Crippen LogP) is 8.58. The first kappa shape index (κ1) is 50.5. The Labute approximate surface area is 452 Å². The zero-order valence-electron chi connectivity index (χ0n) is 44.3. The van der Waals surface area contributed by atoms with Gasteiger partial charge in [-0.2, -0.15) is 15.1 Å². The fourth-order valence-electron chi connectivity index (χ4n) is 14.4. The largest absolute Gasteiger partial charge is 0.461 e. The quantitative estimate of drug-likeness (QED) is 0.103. The lowest BCUT2D eigenvalue weighted by Crippen LogP contribution is -2.48. The van der Waals surface area contributed by atoms with Crippen LogP contribution in [0.1, 0.15) is 106 Å². The maximum Gasteiger partial charge on any atom is 0.409 e. The second-order valence-electron chi connectivity index (χ2n) is 22.9. The standard InChI is InChI=1S/C60H66F2N10O6/c1-3-42-46(61)14-9-38-7-4-8-44(50(38)42)54-52(62)55-51-47(63-54)15-11-40-33-76-30-6-24-71(40)56(51)66-58(65-55)78-35-60-22-5-25-72(60)41(17-23-60)34-77-59(75)70-28-20-37(21-29-70)31-36-18-26-69(27-19-36)39-10-12-43-48(32-39)68(2)67-53(43)45-13-16-49(73)64-57(45)74/h1,4,7-10,12,14,32,36-37,40-41,45H,5-6,11,13,15-31,33-35H2,2H3,(H,64,73,74)/t40-,41-,45?,60-/m0/s1. The number of fused-ring (bicyclic) bond motifs is 5. The molecule has 1 unspecified atom stereocenters. The van der Waals surface area contributed by atoms with Crippen molar-refractivity contribution in [3.05, 3.63) is 77.1 Å². The van der Waals surface area contributed by atoms with Crippen LogP contribution in [0.4, 0.5) is 25.1 Å². The Kier molecular flexibility index (Phi) is 13.4. The van der Waals surface area contributed by atoms with Gasteiger partial charge in [-0.1, -0.05) is 30.2 Å². The van der Waals surface area contributed by atoms with Gasteiger partial charge >= 0.3 is 12.1 Å². The lowest BCUT2D eigenvalue weighted by atomic mass is 9.83. The molecule has 0 bridgehead atoms. The molecule has 6 aromatic rings. The monoisotopic (exact) mass is 1060 g/mol. The van der Waals surface area contributed by atoms with Gasteiger partial charge in [-0.3, -0.25) is 24.5 Å². The Hall–Kier alpha value is -6.97. The Balaban J connectivity index is 0.634. The van der Waals surface area contributed by atoms with E-state index in [4.69, 9.17) is 40.7 Å². The third-order valence-electron chi connectivity index (χ3n) is 18.5. The maximum absolute atomic E-state index is 17.5. The van der Waals surface area contributed by atoms with Crippen LogP contribution in [0.3, 0.4) is 0 Å². The molecule has 0 saturated carbocycles. The van der Waals surface area contributed by atoms with E-state index in [1.54, 1.807) is 18.2 Å². The Morgan fingerprint density at radius 3 is 2.55 bits per heavy atom. The molecule has 3 aromatic heterocycles. The summed E-state index contributed by atoms with van der Waals surface area (Å²) in [6.07, 6.45) is 17.4. The van der Waals surface area contributed by atoms with E-state index in [0.717, 1.165) is 106 Å². The molecule has 3 aromatic carbocycles. The average Bonchev–Trinajstić information content (AvgIpc) is 4.13. The van der Waals surface area contributed by atoms with E-state index in [1.807, 2.05) is 22.7 Å². The molecule has 7 aliphatic heterocycles. The number of hydrogen-bond acceptors (Lipinski definition) is 13. The van der Waals surface area contributed by atoms with Crippen molar-refractivity contribution in [1.82, 2.24) is 39.8 Å². The Morgan fingerprint density at radius 2 is 1.73 bits per heavy atom. The molecule has 16 nitrogen and oxygen atoms in total. The van der Waals surface area contributed by atoms with E-state index in [2.05, 4.69) is 44.1 Å². The van der Waals surface area contributed by atoms with Crippen LogP contribution in [0.25, 0.3) is 43.8 Å². The minimum atomic E-state index is -0.640. The summed E-state index contributed by atoms with van der Waals surface area (Å²) < 4.78 is 53.3. The van der Waals surface area contributed by atoms with Crippen molar-refractivity contribution in [1.29, 1.82) is 0 Å². The number of nitrogens with zero attached hydrogens (tertiary/aromatic N) is 9. The number of nitrogens with one attached hydrogen (secondary N) is 1. The summed E-state index contributed by atoms with van der Waals surface area (Å²) in [7, 11) is 1.91. The minimum Gasteiger partial charge on any atom is -0.461 e. The van der Waals surface area contributed by atoms with Crippen LogP contribution >= 0.6 is 0 Å². The molecular weight excluding hydrogens is 995 g/mol. The van der Waals surface area contributed by atoms with Crippen LogP contribution in [0, 0.1) is 35.8 Å². The summed E-state index contributed by atoms with van der Waals surface area (Å²) >= 11 is 0. The van der Waals surface area contributed by atoms with Crippen LogP contribution in [-0.4, -0.2) is 136 Å². The van der Waals surface area contributed by atoms with Crippen LogP contribution in [0.15, 0.2) is 48.5 Å². The molecule has 78 heavy (non-hydrogen) atoms. The number of halogens is 2. The summed E-state index contributed by atoms with van der Waals surface area (Å²) in [6, 6.07) is 14.9. The number of imide groups is 1. The van der Waals surface area contributed by atoms with E-state index in [-0.39, 0.29) is 58.3 Å². The van der Waals surface area contributed by atoms with Gasteiger partial charge in [-0.25, -0.2) is 18.6 Å². The molecule has 4 atom stereocenters. The average molecular weight is 1060 g/mol. The molecular formula is C60H66F2N10O6. The van der Waals surface area contributed by atoms with E-state index in [1.165, 1.54) is 12.5 Å². The number of carbonyl (C=O) groups excluding carboxylic acids is 3. The molecule has 10 heterocycles. The first-order valence-electron chi connectivity index (χ1n) is 28.3. The summed E-state index contributed by atoms with van der Waals surface area (Å²) in [5.74, 6) is 2.19. The van der Waals surface area contributed by atoms with Gasteiger partial charge in [-0.15, -0.1) is 6.42 Å². The highest BCUT2D eigenvalue weighted by Gasteiger charge is 2.50. The Bertz CT molecular complexity index is 3400. The number of hydrogen-bond donors (Lipinski definition) is 1. The highest BCUT2D eigenvalue weighted by Crippen LogP contribution is 2.45. The highest BCUT2D eigenvalue weighted by atomic mass is 19.1. The lowest BCUT2D eigenvalue weighted by molar-refractivity contribution is -0.134. The van der Waals surface area contributed by atoms with Gasteiger partial charge in [-0.05, 0) is 132 Å². The van der Waals surface area contributed by atoms with Crippen molar-refractivity contribution in [2.24, 2.45) is 18.9 Å². The van der Waals surface area contributed by atoms with Crippen molar-refractivity contribution in [3.63, 3.8) is 0 Å². The number of terminal acetylenes is 1. The van der Waals surface area contributed by atoms with Gasteiger partial charge in [0.15, 0.2) is 5.82 Å². The highest BCUT2D eigenvalue weighted by molar-refractivity contribution is 6.04. The molecule has 13 rings (SSSR count). The molecule has 0 radical (unpaired) electrons. The topological polar surface area (TPSA) is 160 Å². The third-order valence-corrected chi connectivity index (χ3v) is 18.5. The number of benzene rings is 3. The number of ether oxygens (including phenoxy) is 3. The van der Waals surface area contributed by atoms with Crippen molar-refractivity contribution in [2.75, 3.05) is 75.5 Å². The fourth-order valence-corrected chi connectivity index (χ4v) is 14.4. The zero-order valence-corrected chi connectivity index (χ0v) is 44.3. The number of likely N-dealkylation sites (tertiary alicyclic amines) is 1. The fraction of sp³-hybridized carbons (Fsp3) is 0.517. The second-order valence-corrected chi connectivity index (χ2v) is 22.9. The van der Waals surface area contributed by atoms with Crippen molar-refractivity contribution in [3.8, 4) is 29.6 Å². The van der Waals surface area contributed by atoms with Crippen LogP contribution in [0.5, 0.6) is 6.01 Å². The minimum absolute atomic E-state index is 0.00276. The third kappa shape index (κ3) is 9.13. The molecule has 18 heteroatoms. The number of piperidine rings is 3. The second kappa shape index (κ2) is 20.7. The molecule has 0 aliphatic carbocycles. The molecule has 7 aliphatic rings. The van der Waals surface area contributed by atoms with E-state index >= 15 is 8.78 Å². The van der Waals surface area contributed by atoms with Gasteiger partial charge in [0.1, 0.15) is 36.1 Å². The Morgan fingerprint density at radius 1 is 0.897 bits per heavy atom. The zero-order chi connectivity index (χ0) is 53.2. The first-order chi connectivity index (χ1) is 38.0. The summed E-state index contributed by atoms with van der Waals surface area (Å²) in [5.41, 5.74) is 3.87. The summed E-state index contributed by atoms with van der Waals surface area (Å²) in [6.45, 7) is 6.64. The van der Waals surface area contributed by atoms with E-state index in [9.17, 15) is 14.4 Å². The molecule has 1 N–H and O–H groups in total. The van der Waals surface area contributed by atoms with Gasteiger partial charge < -0.3 is 28.9 Å². The van der Waals surface area contributed by atoms with Crippen LogP contribution in [-0.2, 0) is 32.5 Å². The number of rotatable bonds is 10. The molecule has 6 fully saturated rings. The van der Waals surface area contributed by atoms with Crippen molar-refractivity contribution < 1.29 is 37.4 Å². The first-order valence-corrected chi connectivity index (χ1v) is 28.3. The number of carbonyl (C=O) groups is 3. The number of aromatic nitrogens is 5. The maximum atomic E-state index is 17.5. The molecule has 6 saturated heterocycles. The molecule has 0 spiro atoms.